The molecule has 0 fully saturated rings. The molecule has 10 nitrogen and oxygen atoms in total. The molecule has 0 aromatic heterocycles. The maximum absolute atomic E-state index is 10.6. The minimum Gasteiger partial charge on any atom is -0.449 e. The van der Waals surface area contributed by atoms with E-state index in [0.29, 0.717) is 0 Å². The summed E-state index contributed by atoms with van der Waals surface area (Å²) in [7, 11) is -5.41. The van der Waals surface area contributed by atoms with Gasteiger partial charge in [0.05, 0.1) is 0 Å². The topological polar surface area (TPSA) is 161 Å². The highest BCUT2D eigenvalue weighted by Gasteiger charge is 2.38. The van der Waals surface area contributed by atoms with E-state index in [9.17, 15) is 27.6 Å². The number of hydrogen-bond acceptors (Lipinski definition) is 8. The maximum Gasteiger partial charge on any atom is 0.514 e. The van der Waals surface area contributed by atoms with Crippen molar-refractivity contribution in [2.24, 2.45) is 0 Å². The monoisotopic (exact) mass is 550 g/mol. The van der Waals surface area contributed by atoms with Gasteiger partial charge in [-0.15, -0.1) is 0 Å². The largest absolute Gasteiger partial charge is 0.514 e. The normalized spacial score (nSPS) is 9.85. The fraction of sp³-hybridized carbons (Fsp3) is 0. The van der Waals surface area contributed by atoms with E-state index in [0.717, 1.165) is 0 Å². The van der Waals surface area contributed by atoms with Crippen LogP contribution in [0, 0.1) is 0 Å². The number of carbonyl (C=O) groups is 4. The molecule has 0 aliphatic heterocycles. The first-order valence-corrected chi connectivity index (χ1v) is 12.4. The van der Waals surface area contributed by atoms with Crippen molar-refractivity contribution in [1.29, 1.82) is 0 Å². The highest BCUT2D eigenvalue weighted by Crippen LogP contribution is 2.18. The maximum atomic E-state index is 10.6. The summed E-state index contributed by atoms with van der Waals surface area (Å²) in [6.45, 7) is 0. The summed E-state index contributed by atoms with van der Waals surface area (Å²) in [6, 6.07) is 41.6. The van der Waals surface area contributed by atoms with Crippen molar-refractivity contribution in [2.75, 3.05) is 0 Å². The summed E-state index contributed by atoms with van der Waals surface area (Å²) >= 11 is 0. The van der Waals surface area contributed by atoms with E-state index in [4.69, 9.17) is 10.2 Å². The molecule has 0 heterocycles. The van der Waals surface area contributed by atoms with E-state index in [1.165, 1.54) is 22.3 Å². The molecular weight excluding hydrogens is 528 g/mol. The molecule has 2 N–H and O–H groups in total. The standard InChI is InChI=1S/2C12H10.C4H2O10S/c2*1-3-7-11(8-4-1)12-9-5-2-6-10-12;5-1(6)13-3(9)15(11,12)4(10)14-2(7)8/h2*1-10H;(H,5,6)(H,7,8). The molecule has 0 unspecified atom stereocenters. The average molecular weight is 551 g/mol. The minimum atomic E-state index is -5.41. The molecule has 0 radical (unpaired) electrons. The first-order chi connectivity index (χ1) is 18.6. The molecule has 0 saturated heterocycles. The third kappa shape index (κ3) is 10.3. The number of hydrogen-bond donors (Lipinski definition) is 2. The third-order valence-corrected chi connectivity index (χ3v) is 5.59. The number of ether oxygens (including phenoxy) is 2. The van der Waals surface area contributed by atoms with Crippen LogP contribution in [0.5, 0.6) is 0 Å². The third-order valence-electron chi connectivity index (χ3n) is 4.54. The Morgan fingerprint density at radius 3 is 0.821 bits per heavy atom. The molecule has 0 aliphatic carbocycles. The fourth-order valence-corrected chi connectivity index (χ4v) is 3.34. The van der Waals surface area contributed by atoms with Crippen LogP contribution in [0.3, 0.4) is 0 Å². The van der Waals surface area contributed by atoms with E-state index < -0.39 is 32.8 Å². The molecule has 39 heavy (non-hydrogen) atoms. The Morgan fingerprint density at radius 1 is 0.436 bits per heavy atom. The van der Waals surface area contributed by atoms with Gasteiger partial charge in [-0.05, 0) is 22.3 Å². The molecule has 0 amide bonds. The van der Waals surface area contributed by atoms with Crippen LogP contribution in [0.4, 0.5) is 19.2 Å². The van der Waals surface area contributed by atoms with E-state index in [1.54, 1.807) is 0 Å². The van der Waals surface area contributed by atoms with Gasteiger partial charge in [-0.3, -0.25) is 0 Å². The van der Waals surface area contributed by atoms with E-state index in [1.807, 2.05) is 24.3 Å². The zero-order valence-electron chi connectivity index (χ0n) is 20.1. The summed E-state index contributed by atoms with van der Waals surface area (Å²) in [4.78, 5) is 40.3. The number of carboxylic acid groups (broad SMARTS) is 2. The number of rotatable bonds is 2. The summed E-state index contributed by atoms with van der Waals surface area (Å²) in [5.41, 5.74) is 5.10. The lowest BCUT2D eigenvalue weighted by molar-refractivity contribution is 0.119. The van der Waals surface area contributed by atoms with Crippen molar-refractivity contribution in [3.05, 3.63) is 121 Å². The summed E-state index contributed by atoms with van der Waals surface area (Å²) in [5, 5.41) is 10.8. The SMILES string of the molecule is O=C(O)OC(=O)S(=O)(=O)C(=O)OC(=O)O.c1ccc(-c2ccccc2)cc1.c1ccc(-c2ccccc2)cc1. The lowest BCUT2D eigenvalue weighted by atomic mass is 10.1. The molecule has 200 valence electrons. The van der Waals surface area contributed by atoms with Crippen LogP contribution in [0.1, 0.15) is 0 Å². The summed E-state index contributed by atoms with van der Waals surface area (Å²) in [5.74, 6) is 0. The van der Waals surface area contributed by atoms with Gasteiger partial charge in [-0.1, -0.05) is 121 Å². The smallest absolute Gasteiger partial charge is 0.449 e. The number of sulfone groups is 1. The van der Waals surface area contributed by atoms with Crippen molar-refractivity contribution in [1.82, 2.24) is 0 Å². The second kappa shape index (κ2) is 15.1. The first kappa shape index (κ1) is 29.9. The van der Waals surface area contributed by atoms with Gasteiger partial charge in [0.1, 0.15) is 0 Å². The van der Waals surface area contributed by atoms with E-state index in [-0.39, 0.29) is 0 Å². The number of benzene rings is 4. The van der Waals surface area contributed by atoms with Gasteiger partial charge in [-0.2, -0.15) is 0 Å². The molecule has 4 aromatic rings. The van der Waals surface area contributed by atoms with Crippen LogP contribution in [0.15, 0.2) is 121 Å². The highest BCUT2D eigenvalue weighted by atomic mass is 32.2. The molecule has 4 rings (SSSR count). The molecule has 0 saturated carbocycles. The van der Waals surface area contributed by atoms with Gasteiger partial charge in [0.2, 0.25) is 0 Å². The van der Waals surface area contributed by atoms with Crippen molar-refractivity contribution < 1.29 is 47.3 Å². The molecular formula is C28H22O10S. The molecule has 0 spiro atoms. The van der Waals surface area contributed by atoms with Crippen molar-refractivity contribution in [3.63, 3.8) is 0 Å². The van der Waals surface area contributed by atoms with Gasteiger partial charge in [-0.25, -0.2) is 27.6 Å². The Bertz CT molecular complexity index is 1290. The Balaban J connectivity index is 0.000000206. The van der Waals surface area contributed by atoms with Gasteiger partial charge in [0, 0.05) is 0 Å². The van der Waals surface area contributed by atoms with Crippen LogP contribution >= 0.6 is 0 Å². The second-order valence-corrected chi connectivity index (χ2v) is 8.88. The Labute approximate surface area is 223 Å². The van der Waals surface area contributed by atoms with Crippen LogP contribution in [-0.4, -0.2) is 41.5 Å². The van der Waals surface area contributed by atoms with Crippen LogP contribution in [0.2, 0.25) is 0 Å². The predicted octanol–water partition coefficient (Wildman–Crippen LogP) is 6.74. The zero-order chi connectivity index (χ0) is 28.7. The Morgan fingerprint density at radius 2 is 0.641 bits per heavy atom. The molecule has 4 aromatic carbocycles. The van der Waals surface area contributed by atoms with Gasteiger partial charge in [0.15, 0.2) is 0 Å². The minimum absolute atomic E-state index is 1.28. The zero-order valence-corrected chi connectivity index (χ0v) is 20.9. The number of carbonyl (C=O) groups excluding carboxylic acids is 2. The second-order valence-electron chi connectivity index (χ2n) is 7.20. The van der Waals surface area contributed by atoms with Crippen LogP contribution in [0.25, 0.3) is 22.3 Å². The van der Waals surface area contributed by atoms with Crippen molar-refractivity contribution in [2.45, 2.75) is 0 Å². The van der Waals surface area contributed by atoms with Crippen LogP contribution < -0.4 is 0 Å². The molecule has 0 atom stereocenters. The van der Waals surface area contributed by atoms with Crippen LogP contribution in [-0.2, 0) is 19.3 Å². The quantitative estimate of drug-likeness (QED) is 0.202. The first-order valence-electron chi connectivity index (χ1n) is 11.0. The van der Waals surface area contributed by atoms with E-state index >= 15 is 0 Å². The van der Waals surface area contributed by atoms with Gasteiger partial charge < -0.3 is 19.7 Å². The summed E-state index contributed by atoms with van der Waals surface area (Å²) < 4.78 is 27.5. The van der Waals surface area contributed by atoms with Gasteiger partial charge in [0.25, 0.3) is 0 Å². The Kier molecular flexibility index (Phi) is 11.6. The highest BCUT2D eigenvalue weighted by molar-refractivity contribution is 8.18. The van der Waals surface area contributed by atoms with Gasteiger partial charge >= 0.3 is 32.8 Å². The van der Waals surface area contributed by atoms with Crippen molar-refractivity contribution >= 4 is 32.8 Å². The summed E-state index contributed by atoms with van der Waals surface area (Å²) in [6.07, 6.45) is -4.54. The molecule has 0 bridgehead atoms. The average Bonchev–Trinajstić information content (AvgIpc) is 2.95. The fourth-order valence-electron chi connectivity index (χ4n) is 2.84. The molecule has 0 aliphatic rings. The Hall–Kier alpha value is -5.29. The lowest BCUT2D eigenvalue weighted by Crippen LogP contribution is -2.28. The van der Waals surface area contributed by atoms with Crippen molar-refractivity contribution in [3.8, 4) is 22.3 Å². The lowest BCUT2D eigenvalue weighted by Gasteiger charge is -1.98. The van der Waals surface area contributed by atoms with E-state index in [2.05, 4.69) is 107 Å². The molecule has 11 heteroatoms. The predicted molar refractivity (Wildman–Crippen MR) is 142 cm³/mol.